The van der Waals surface area contributed by atoms with Crippen LogP contribution >= 0.6 is 0 Å². The van der Waals surface area contributed by atoms with Gasteiger partial charge in [-0.05, 0) is 25.7 Å². The lowest BCUT2D eigenvalue weighted by molar-refractivity contribution is -0.149. The minimum absolute atomic E-state index is 0.198. The van der Waals surface area contributed by atoms with Gasteiger partial charge in [-0.15, -0.1) is 0 Å². The van der Waals surface area contributed by atoms with E-state index in [1.165, 1.54) is 64.2 Å². The molecule has 3 nitrogen and oxygen atoms in total. The SMILES string of the molecule is CC/C=C\CCCCCCCCCCCCCCC(=O)C(=O)O. The van der Waals surface area contributed by atoms with E-state index in [1.807, 2.05) is 0 Å². The number of unbranched alkanes of at least 4 members (excludes halogenated alkanes) is 12. The number of hydrogen-bond donors (Lipinski definition) is 1. The molecule has 0 aliphatic rings. The van der Waals surface area contributed by atoms with Crippen LogP contribution in [0, 0.1) is 0 Å². The van der Waals surface area contributed by atoms with Crippen molar-refractivity contribution in [3.8, 4) is 0 Å². The number of carboxylic acids is 1. The summed E-state index contributed by atoms with van der Waals surface area (Å²) in [6, 6.07) is 0. The van der Waals surface area contributed by atoms with Crippen molar-refractivity contribution in [3.63, 3.8) is 0 Å². The smallest absolute Gasteiger partial charge is 0.372 e. The fraction of sp³-hybridized carbons (Fsp3) is 0.800. The number of carboxylic acid groups (broad SMARTS) is 1. The van der Waals surface area contributed by atoms with E-state index in [1.54, 1.807) is 0 Å². The van der Waals surface area contributed by atoms with E-state index < -0.39 is 11.8 Å². The highest BCUT2D eigenvalue weighted by molar-refractivity contribution is 6.32. The molecule has 0 amide bonds. The number of rotatable bonds is 17. The quantitative estimate of drug-likeness (QED) is 0.201. The number of carbonyl (C=O) groups excluding carboxylic acids is 1. The number of carbonyl (C=O) groups is 2. The molecule has 0 fully saturated rings. The molecule has 0 aromatic carbocycles. The van der Waals surface area contributed by atoms with Crippen LogP contribution in [0.5, 0.6) is 0 Å². The standard InChI is InChI=1S/C20H36O3/c1-2-3-4-5-6-7-8-9-10-11-12-13-14-15-16-17-18-19(21)20(22)23/h3-4H,2,5-18H2,1H3,(H,22,23)/b4-3-. The van der Waals surface area contributed by atoms with Crippen LogP contribution in [0.25, 0.3) is 0 Å². The fourth-order valence-electron chi connectivity index (χ4n) is 2.71. The zero-order valence-electron chi connectivity index (χ0n) is 15.0. The van der Waals surface area contributed by atoms with Crippen LogP contribution in [0.3, 0.4) is 0 Å². The molecule has 0 aromatic rings. The molecule has 0 bridgehead atoms. The molecule has 0 aliphatic carbocycles. The molecular weight excluding hydrogens is 288 g/mol. The lowest BCUT2D eigenvalue weighted by atomic mass is 10.0. The first-order chi connectivity index (χ1) is 11.2. The summed E-state index contributed by atoms with van der Waals surface area (Å²) >= 11 is 0. The lowest BCUT2D eigenvalue weighted by Crippen LogP contribution is -2.11. The van der Waals surface area contributed by atoms with Gasteiger partial charge < -0.3 is 5.11 Å². The zero-order valence-corrected chi connectivity index (χ0v) is 15.0. The van der Waals surface area contributed by atoms with E-state index in [2.05, 4.69) is 19.1 Å². The average Bonchev–Trinajstić information content (AvgIpc) is 2.54. The van der Waals surface area contributed by atoms with Crippen LogP contribution in [-0.4, -0.2) is 16.9 Å². The summed E-state index contributed by atoms with van der Waals surface area (Å²) in [4.78, 5) is 21.2. The molecule has 23 heavy (non-hydrogen) atoms. The third-order valence-corrected chi connectivity index (χ3v) is 4.17. The molecule has 0 atom stereocenters. The van der Waals surface area contributed by atoms with Crippen LogP contribution in [0.4, 0.5) is 0 Å². The van der Waals surface area contributed by atoms with Crippen molar-refractivity contribution in [2.24, 2.45) is 0 Å². The second-order valence-electron chi connectivity index (χ2n) is 6.39. The Bertz CT molecular complexity index is 321. The van der Waals surface area contributed by atoms with E-state index in [-0.39, 0.29) is 6.42 Å². The molecule has 134 valence electrons. The van der Waals surface area contributed by atoms with Crippen LogP contribution in [-0.2, 0) is 9.59 Å². The fourth-order valence-corrected chi connectivity index (χ4v) is 2.71. The number of hydrogen-bond acceptors (Lipinski definition) is 2. The molecule has 0 spiro atoms. The lowest BCUT2D eigenvalue weighted by Gasteiger charge is -2.02. The first kappa shape index (κ1) is 21.9. The number of Topliss-reactive ketones (excluding diaryl/α,β-unsaturated/α-hetero) is 1. The van der Waals surface area contributed by atoms with Crippen LogP contribution < -0.4 is 0 Å². The van der Waals surface area contributed by atoms with Gasteiger partial charge in [-0.1, -0.05) is 83.3 Å². The summed E-state index contributed by atoms with van der Waals surface area (Å²) in [6.07, 6.45) is 21.9. The normalized spacial score (nSPS) is 11.2. The van der Waals surface area contributed by atoms with Gasteiger partial charge in [-0.3, -0.25) is 4.79 Å². The Morgan fingerprint density at radius 1 is 0.696 bits per heavy atom. The first-order valence-electron chi connectivity index (χ1n) is 9.59. The molecule has 0 aliphatic heterocycles. The van der Waals surface area contributed by atoms with E-state index >= 15 is 0 Å². The van der Waals surface area contributed by atoms with Gasteiger partial charge in [-0.25, -0.2) is 4.79 Å². The van der Waals surface area contributed by atoms with Crippen molar-refractivity contribution in [3.05, 3.63) is 12.2 Å². The Labute approximate surface area is 142 Å². The van der Waals surface area contributed by atoms with E-state index in [9.17, 15) is 9.59 Å². The van der Waals surface area contributed by atoms with Gasteiger partial charge >= 0.3 is 5.97 Å². The van der Waals surface area contributed by atoms with Crippen LogP contribution in [0.15, 0.2) is 12.2 Å². The molecule has 1 N–H and O–H groups in total. The number of ketones is 1. The molecule has 0 heterocycles. The van der Waals surface area contributed by atoms with Crippen molar-refractivity contribution >= 4 is 11.8 Å². The van der Waals surface area contributed by atoms with Crippen molar-refractivity contribution in [2.45, 2.75) is 103 Å². The Morgan fingerprint density at radius 3 is 1.57 bits per heavy atom. The number of allylic oxidation sites excluding steroid dienone is 2. The van der Waals surface area contributed by atoms with Crippen molar-refractivity contribution in [1.82, 2.24) is 0 Å². The van der Waals surface area contributed by atoms with E-state index in [0.29, 0.717) is 0 Å². The van der Waals surface area contributed by atoms with Crippen LogP contribution in [0.1, 0.15) is 103 Å². The zero-order chi connectivity index (χ0) is 17.2. The van der Waals surface area contributed by atoms with E-state index in [0.717, 1.165) is 25.7 Å². The van der Waals surface area contributed by atoms with E-state index in [4.69, 9.17) is 5.11 Å². The minimum atomic E-state index is -1.29. The molecule has 0 rings (SSSR count). The third-order valence-electron chi connectivity index (χ3n) is 4.17. The summed E-state index contributed by atoms with van der Waals surface area (Å²) in [5.74, 6) is -1.94. The predicted molar refractivity (Wildman–Crippen MR) is 96.7 cm³/mol. The Hall–Kier alpha value is -1.12. The molecule has 3 heteroatoms. The highest BCUT2D eigenvalue weighted by atomic mass is 16.4. The molecular formula is C20H36O3. The summed E-state index contributed by atoms with van der Waals surface area (Å²) in [5.41, 5.74) is 0. The molecule has 0 saturated carbocycles. The van der Waals surface area contributed by atoms with Gasteiger partial charge in [0.25, 0.3) is 0 Å². The van der Waals surface area contributed by atoms with Gasteiger partial charge in [0.1, 0.15) is 0 Å². The van der Waals surface area contributed by atoms with Crippen molar-refractivity contribution < 1.29 is 14.7 Å². The van der Waals surface area contributed by atoms with Gasteiger partial charge in [0.05, 0.1) is 0 Å². The average molecular weight is 325 g/mol. The summed E-state index contributed by atoms with van der Waals surface area (Å²) in [7, 11) is 0. The third kappa shape index (κ3) is 17.1. The molecule has 0 radical (unpaired) electrons. The van der Waals surface area contributed by atoms with Crippen molar-refractivity contribution in [1.29, 1.82) is 0 Å². The van der Waals surface area contributed by atoms with Gasteiger partial charge in [0.15, 0.2) is 0 Å². The monoisotopic (exact) mass is 324 g/mol. The highest BCUT2D eigenvalue weighted by Crippen LogP contribution is 2.13. The summed E-state index contributed by atoms with van der Waals surface area (Å²) in [5, 5.41) is 8.46. The second kappa shape index (κ2) is 17.2. The molecule has 0 unspecified atom stereocenters. The van der Waals surface area contributed by atoms with Crippen molar-refractivity contribution in [2.75, 3.05) is 0 Å². The second-order valence-corrected chi connectivity index (χ2v) is 6.39. The Kier molecular flexibility index (Phi) is 16.4. The van der Waals surface area contributed by atoms with Crippen LogP contribution in [0.2, 0.25) is 0 Å². The molecule has 0 aromatic heterocycles. The maximum atomic E-state index is 10.9. The van der Waals surface area contributed by atoms with Gasteiger partial charge in [-0.2, -0.15) is 0 Å². The van der Waals surface area contributed by atoms with Gasteiger partial charge in [0, 0.05) is 6.42 Å². The number of aliphatic carboxylic acids is 1. The Morgan fingerprint density at radius 2 is 1.13 bits per heavy atom. The highest BCUT2D eigenvalue weighted by Gasteiger charge is 2.09. The van der Waals surface area contributed by atoms with Gasteiger partial charge in [0.2, 0.25) is 5.78 Å². The summed E-state index contributed by atoms with van der Waals surface area (Å²) < 4.78 is 0. The Balaban J connectivity index is 3.09. The maximum Gasteiger partial charge on any atom is 0.372 e. The topological polar surface area (TPSA) is 54.4 Å². The summed E-state index contributed by atoms with van der Waals surface area (Å²) in [6.45, 7) is 2.18. The molecule has 0 saturated heterocycles. The largest absolute Gasteiger partial charge is 0.476 e. The maximum absolute atomic E-state index is 10.9. The first-order valence-corrected chi connectivity index (χ1v) is 9.59. The minimum Gasteiger partial charge on any atom is -0.476 e. The predicted octanol–water partition coefficient (Wildman–Crippen LogP) is 6.07.